The van der Waals surface area contributed by atoms with Gasteiger partial charge in [0.25, 0.3) is 0 Å². The first-order chi connectivity index (χ1) is 10.6. The maximum Gasteiger partial charge on any atom is 0.241 e. The summed E-state index contributed by atoms with van der Waals surface area (Å²) >= 11 is 0. The molecule has 5 heteroatoms. The molecule has 2 unspecified atom stereocenters. The van der Waals surface area contributed by atoms with Gasteiger partial charge in [0.15, 0.2) is 0 Å². The molecule has 1 amide bonds. The number of carbonyl (C=O) groups is 1. The number of rotatable bonds is 7. The van der Waals surface area contributed by atoms with Crippen LogP contribution in [0.1, 0.15) is 31.9 Å². The van der Waals surface area contributed by atoms with Crippen LogP contribution in [0.4, 0.5) is 0 Å². The van der Waals surface area contributed by atoms with E-state index in [2.05, 4.69) is 36.8 Å². The molecule has 0 aromatic heterocycles. The average Bonchev–Trinajstić information content (AvgIpc) is 3.01. The fourth-order valence-electron chi connectivity index (χ4n) is 2.78. The summed E-state index contributed by atoms with van der Waals surface area (Å²) in [5.41, 5.74) is 7.60. The van der Waals surface area contributed by atoms with E-state index in [1.165, 1.54) is 5.56 Å². The standard InChI is InChI=1S/C17H27N3O2/c1-13(2)12-20(9-10-22-3)17(21)16-11-15(18-19-16)14-7-5-4-6-8-14/h4-8,13,15-16,18-19H,9-12H2,1-3H3. The van der Waals surface area contributed by atoms with Gasteiger partial charge < -0.3 is 9.64 Å². The van der Waals surface area contributed by atoms with Gasteiger partial charge in [-0.3, -0.25) is 4.79 Å². The number of carbonyl (C=O) groups excluding carboxylic acids is 1. The first kappa shape index (κ1) is 16.9. The van der Waals surface area contributed by atoms with Crippen LogP contribution in [-0.2, 0) is 9.53 Å². The molecule has 1 aliphatic rings. The Kier molecular flexibility index (Phi) is 6.36. The van der Waals surface area contributed by atoms with Crippen molar-refractivity contribution in [1.82, 2.24) is 15.8 Å². The Hall–Kier alpha value is -1.43. The molecule has 5 nitrogen and oxygen atoms in total. The normalized spacial score (nSPS) is 21.3. The van der Waals surface area contributed by atoms with Gasteiger partial charge in [-0.05, 0) is 17.9 Å². The Bertz CT molecular complexity index is 464. The number of benzene rings is 1. The molecule has 2 atom stereocenters. The Morgan fingerprint density at radius 3 is 2.68 bits per heavy atom. The van der Waals surface area contributed by atoms with Crippen LogP contribution in [0.5, 0.6) is 0 Å². The molecule has 1 aliphatic heterocycles. The van der Waals surface area contributed by atoms with E-state index in [1.807, 2.05) is 23.1 Å². The van der Waals surface area contributed by atoms with Gasteiger partial charge in [0.05, 0.1) is 6.61 Å². The highest BCUT2D eigenvalue weighted by molar-refractivity contribution is 5.82. The van der Waals surface area contributed by atoms with Crippen molar-refractivity contribution >= 4 is 5.91 Å². The molecule has 0 spiro atoms. The lowest BCUT2D eigenvalue weighted by molar-refractivity contribution is -0.134. The van der Waals surface area contributed by atoms with Crippen LogP contribution in [-0.4, -0.2) is 43.7 Å². The van der Waals surface area contributed by atoms with Crippen molar-refractivity contribution < 1.29 is 9.53 Å². The van der Waals surface area contributed by atoms with Crippen LogP contribution in [0.25, 0.3) is 0 Å². The molecule has 122 valence electrons. The Morgan fingerprint density at radius 1 is 1.32 bits per heavy atom. The zero-order valence-electron chi connectivity index (χ0n) is 13.7. The second-order valence-corrected chi connectivity index (χ2v) is 6.21. The monoisotopic (exact) mass is 305 g/mol. The molecule has 1 aromatic carbocycles. The van der Waals surface area contributed by atoms with E-state index in [0.29, 0.717) is 19.1 Å². The molecular weight excluding hydrogens is 278 g/mol. The van der Waals surface area contributed by atoms with Crippen LogP contribution < -0.4 is 10.9 Å². The summed E-state index contributed by atoms with van der Waals surface area (Å²) in [6, 6.07) is 10.2. The molecule has 0 saturated carbocycles. The predicted octanol–water partition coefficient (Wildman–Crippen LogP) is 1.73. The van der Waals surface area contributed by atoms with Gasteiger partial charge in [0.1, 0.15) is 6.04 Å². The minimum absolute atomic E-state index is 0.150. The minimum Gasteiger partial charge on any atom is -0.383 e. The van der Waals surface area contributed by atoms with Crippen molar-refractivity contribution in [1.29, 1.82) is 0 Å². The molecule has 1 fully saturated rings. The fourth-order valence-corrected chi connectivity index (χ4v) is 2.78. The van der Waals surface area contributed by atoms with Gasteiger partial charge in [-0.15, -0.1) is 0 Å². The van der Waals surface area contributed by atoms with Crippen molar-refractivity contribution in [2.45, 2.75) is 32.4 Å². The molecule has 1 heterocycles. The van der Waals surface area contributed by atoms with Gasteiger partial charge in [0.2, 0.25) is 5.91 Å². The number of amides is 1. The molecule has 2 rings (SSSR count). The molecule has 0 bridgehead atoms. The zero-order valence-corrected chi connectivity index (χ0v) is 13.7. The number of hydrogen-bond donors (Lipinski definition) is 2. The van der Waals surface area contributed by atoms with Crippen LogP contribution in [0.15, 0.2) is 30.3 Å². The molecule has 1 aromatic rings. The van der Waals surface area contributed by atoms with Crippen molar-refractivity contribution in [2.24, 2.45) is 5.92 Å². The summed E-state index contributed by atoms with van der Waals surface area (Å²) in [7, 11) is 1.67. The van der Waals surface area contributed by atoms with Gasteiger partial charge in [-0.25, -0.2) is 10.9 Å². The summed E-state index contributed by atoms with van der Waals surface area (Å²) in [4.78, 5) is 14.6. The average molecular weight is 305 g/mol. The largest absolute Gasteiger partial charge is 0.383 e. The second kappa shape index (κ2) is 8.27. The van der Waals surface area contributed by atoms with E-state index >= 15 is 0 Å². The number of ether oxygens (including phenoxy) is 1. The topological polar surface area (TPSA) is 53.6 Å². The van der Waals surface area contributed by atoms with Gasteiger partial charge in [-0.1, -0.05) is 44.2 Å². The molecule has 0 aliphatic carbocycles. The van der Waals surface area contributed by atoms with Crippen LogP contribution in [0.3, 0.4) is 0 Å². The first-order valence-electron chi connectivity index (χ1n) is 7.95. The maximum absolute atomic E-state index is 12.7. The highest BCUT2D eigenvalue weighted by Crippen LogP contribution is 2.23. The first-order valence-corrected chi connectivity index (χ1v) is 7.95. The van der Waals surface area contributed by atoms with Crippen LogP contribution in [0.2, 0.25) is 0 Å². The molecule has 1 saturated heterocycles. The van der Waals surface area contributed by atoms with E-state index in [4.69, 9.17) is 4.74 Å². The molecule has 2 N–H and O–H groups in total. The zero-order chi connectivity index (χ0) is 15.9. The number of hydrazine groups is 1. The van der Waals surface area contributed by atoms with Crippen molar-refractivity contribution in [3.05, 3.63) is 35.9 Å². The third-order valence-corrected chi connectivity index (χ3v) is 3.87. The summed E-state index contributed by atoms with van der Waals surface area (Å²) in [5.74, 6) is 0.594. The number of nitrogens with one attached hydrogen (secondary N) is 2. The smallest absolute Gasteiger partial charge is 0.241 e. The number of hydrogen-bond acceptors (Lipinski definition) is 4. The maximum atomic E-state index is 12.7. The third kappa shape index (κ3) is 4.53. The van der Waals surface area contributed by atoms with E-state index in [0.717, 1.165) is 13.0 Å². The molecule has 22 heavy (non-hydrogen) atoms. The highest BCUT2D eigenvalue weighted by atomic mass is 16.5. The number of nitrogens with zero attached hydrogens (tertiary/aromatic N) is 1. The Labute approximate surface area is 133 Å². The van der Waals surface area contributed by atoms with Crippen LogP contribution >= 0.6 is 0 Å². The van der Waals surface area contributed by atoms with Crippen molar-refractivity contribution in [2.75, 3.05) is 26.8 Å². The van der Waals surface area contributed by atoms with Crippen molar-refractivity contribution in [3.8, 4) is 0 Å². The molecular formula is C17H27N3O2. The summed E-state index contributed by atoms with van der Waals surface area (Å²) < 4.78 is 5.13. The van der Waals surface area contributed by atoms with Gasteiger partial charge in [0, 0.05) is 26.2 Å². The lowest BCUT2D eigenvalue weighted by Gasteiger charge is -2.26. The minimum atomic E-state index is -0.180. The summed E-state index contributed by atoms with van der Waals surface area (Å²) in [6.45, 7) is 6.22. The summed E-state index contributed by atoms with van der Waals surface area (Å²) in [6.07, 6.45) is 0.768. The molecule has 0 radical (unpaired) electrons. The van der Waals surface area contributed by atoms with Crippen molar-refractivity contribution in [3.63, 3.8) is 0 Å². The second-order valence-electron chi connectivity index (χ2n) is 6.21. The van der Waals surface area contributed by atoms with E-state index in [1.54, 1.807) is 7.11 Å². The lowest BCUT2D eigenvalue weighted by atomic mass is 10.0. The number of methoxy groups -OCH3 is 1. The van der Waals surface area contributed by atoms with E-state index in [-0.39, 0.29) is 18.0 Å². The van der Waals surface area contributed by atoms with E-state index in [9.17, 15) is 4.79 Å². The van der Waals surface area contributed by atoms with E-state index < -0.39 is 0 Å². The quantitative estimate of drug-likeness (QED) is 0.805. The van der Waals surface area contributed by atoms with Crippen LogP contribution in [0, 0.1) is 5.92 Å². The SMILES string of the molecule is COCCN(CC(C)C)C(=O)C1CC(c2ccccc2)NN1. The fraction of sp³-hybridized carbons (Fsp3) is 0.588. The summed E-state index contributed by atoms with van der Waals surface area (Å²) in [5, 5.41) is 0. The Balaban J connectivity index is 1.96. The highest BCUT2D eigenvalue weighted by Gasteiger charge is 2.32. The van der Waals surface area contributed by atoms with Gasteiger partial charge in [-0.2, -0.15) is 0 Å². The lowest BCUT2D eigenvalue weighted by Crippen LogP contribution is -2.47. The third-order valence-electron chi connectivity index (χ3n) is 3.87. The Morgan fingerprint density at radius 2 is 2.05 bits per heavy atom. The predicted molar refractivity (Wildman–Crippen MR) is 87.2 cm³/mol. The van der Waals surface area contributed by atoms with Gasteiger partial charge >= 0.3 is 0 Å².